The molecule has 1 aromatic rings. The Bertz CT molecular complexity index is 628. The summed E-state index contributed by atoms with van der Waals surface area (Å²) < 4.78 is 10.9. The Labute approximate surface area is 111 Å². The van der Waals surface area contributed by atoms with E-state index in [1.807, 2.05) is 12.1 Å². The van der Waals surface area contributed by atoms with Crippen LogP contribution in [0, 0.1) is 11.3 Å². The summed E-state index contributed by atoms with van der Waals surface area (Å²) in [6.07, 6.45) is 3.12. The molecule has 3 heterocycles. The molecule has 0 radical (unpaired) electrons. The summed E-state index contributed by atoms with van der Waals surface area (Å²) in [5.41, 5.74) is 4.26. The number of ether oxygens (including phenoxy) is 2. The van der Waals surface area contributed by atoms with Crippen LogP contribution in [0.25, 0.3) is 5.57 Å². The summed E-state index contributed by atoms with van der Waals surface area (Å²) in [6.45, 7) is 2.34. The van der Waals surface area contributed by atoms with Gasteiger partial charge in [0.05, 0.1) is 5.57 Å². The van der Waals surface area contributed by atoms with Crippen LogP contribution in [-0.4, -0.2) is 24.8 Å². The van der Waals surface area contributed by atoms with E-state index >= 15 is 0 Å². The van der Waals surface area contributed by atoms with E-state index in [0.29, 0.717) is 0 Å². The highest BCUT2D eigenvalue weighted by molar-refractivity contribution is 5.83. The van der Waals surface area contributed by atoms with Crippen LogP contribution >= 0.6 is 0 Å². The van der Waals surface area contributed by atoms with Crippen molar-refractivity contribution in [2.45, 2.75) is 19.3 Å². The van der Waals surface area contributed by atoms with Gasteiger partial charge in [0.2, 0.25) is 6.79 Å². The summed E-state index contributed by atoms with van der Waals surface area (Å²) >= 11 is 0. The molecule has 0 amide bonds. The highest BCUT2D eigenvalue weighted by Gasteiger charge is 2.28. The van der Waals surface area contributed by atoms with Gasteiger partial charge in [0.1, 0.15) is 6.07 Å². The maximum Gasteiger partial charge on any atom is 0.231 e. The minimum atomic E-state index is 0.281. The predicted molar refractivity (Wildman–Crippen MR) is 69.6 cm³/mol. The molecule has 3 aliphatic rings. The van der Waals surface area contributed by atoms with Crippen molar-refractivity contribution in [3.8, 4) is 17.6 Å². The molecule has 3 aliphatic heterocycles. The maximum atomic E-state index is 9.55. The van der Waals surface area contributed by atoms with E-state index in [1.165, 1.54) is 11.3 Å². The molecule has 0 unspecified atom stereocenters. The molecule has 0 bridgehead atoms. The van der Waals surface area contributed by atoms with Crippen LogP contribution in [0.4, 0.5) is 0 Å². The van der Waals surface area contributed by atoms with E-state index in [9.17, 15) is 5.26 Å². The standard InChI is InChI=1S/C15H14N2O2/c16-8-12-11-7-15-14(18-9-19-15)6-10(11)3-5-17-4-1-2-13(12)17/h6-7H,1-5,9H2. The summed E-state index contributed by atoms with van der Waals surface area (Å²) in [5.74, 6) is 1.57. The zero-order chi connectivity index (χ0) is 12.8. The second-order valence-corrected chi connectivity index (χ2v) is 5.14. The average Bonchev–Trinajstić information content (AvgIpc) is 3.03. The second-order valence-electron chi connectivity index (χ2n) is 5.14. The Kier molecular flexibility index (Phi) is 2.22. The fourth-order valence-corrected chi connectivity index (χ4v) is 3.22. The van der Waals surface area contributed by atoms with Crippen LogP contribution in [0.2, 0.25) is 0 Å². The van der Waals surface area contributed by atoms with Gasteiger partial charge >= 0.3 is 0 Å². The summed E-state index contributed by atoms with van der Waals surface area (Å²) in [6, 6.07) is 6.42. The zero-order valence-corrected chi connectivity index (χ0v) is 10.6. The van der Waals surface area contributed by atoms with E-state index in [2.05, 4.69) is 11.0 Å². The number of nitriles is 1. The van der Waals surface area contributed by atoms with Gasteiger partial charge in [-0.3, -0.25) is 0 Å². The van der Waals surface area contributed by atoms with Gasteiger partial charge in [-0.15, -0.1) is 0 Å². The first-order chi connectivity index (χ1) is 9.36. The molecule has 1 aromatic carbocycles. The van der Waals surface area contributed by atoms with Crippen molar-refractivity contribution in [3.05, 3.63) is 29.0 Å². The normalized spacial score (nSPS) is 19.8. The third kappa shape index (κ3) is 1.51. The topological polar surface area (TPSA) is 45.5 Å². The van der Waals surface area contributed by atoms with Gasteiger partial charge in [-0.1, -0.05) is 0 Å². The van der Waals surface area contributed by atoms with E-state index in [-0.39, 0.29) is 6.79 Å². The van der Waals surface area contributed by atoms with Gasteiger partial charge in [-0.25, -0.2) is 0 Å². The van der Waals surface area contributed by atoms with E-state index in [4.69, 9.17) is 9.47 Å². The van der Waals surface area contributed by atoms with Crippen molar-refractivity contribution in [1.29, 1.82) is 5.26 Å². The molecule has 0 spiro atoms. The highest BCUT2D eigenvalue weighted by Crippen LogP contribution is 2.41. The Balaban J connectivity index is 1.93. The Morgan fingerprint density at radius 2 is 1.95 bits per heavy atom. The monoisotopic (exact) mass is 254 g/mol. The fraction of sp³-hybridized carbons (Fsp3) is 0.400. The van der Waals surface area contributed by atoms with Gasteiger partial charge < -0.3 is 14.4 Å². The molecule has 0 saturated carbocycles. The highest BCUT2D eigenvalue weighted by atomic mass is 16.7. The minimum absolute atomic E-state index is 0.281. The number of hydrogen-bond donors (Lipinski definition) is 0. The zero-order valence-electron chi connectivity index (χ0n) is 10.6. The van der Waals surface area contributed by atoms with Gasteiger partial charge in [0.15, 0.2) is 11.5 Å². The van der Waals surface area contributed by atoms with Crippen molar-refractivity contribution in [3.63, 3.8) is 0 Å². The SMILES string of the molecule is N#CC1=C2CCCN2CCc2cc3c(cc21)OCO3. The lowest BCUT2D eigenvalue weighted by molar-refractivity contribution is 0.174. The maximum absolute atomic E-state index is 9.55. The lowest BCUT2D eigenvalue weighted by atomic mass is 9.97. The third-order valence-corrected chi connectivity index (χ3v) is 4.14. The molecule has 0 aromatic heterocycles. The van der Waals surface area contributed by atoms with E-state index < -0.39 is 0 Å². The van der Waals surface area contributed by atoms with Crippen LogP contribution < -0.4 is 9.47 Å². The van der Waals surface area contributed by atoms with Crippen LogP contribution in [0.5, 0.6) is 11.5 Å². The Morgan fingerprint density at radius 1 is 1.11 bits per heavy atom. The number of allylic oxidation sites excluding steroid dienone is 2. The van der Waals surface area contributed by atoms with Crippen molar-refractivity contribution in [1.82, 2.24) is 4.90 Å². The molecule has 1 fully saturated rings. The van der Waals surface area contributed by atoms with E-state index in [0.717, 1.165) is 55.0 Å². The number of fused-ring (bicyclic) bond motifs is 3. The first-order valence-electron chi connectivity index (χ1n) is 6.68. The molecular weight excluding hydrogens is 240 g/mol. The minimum Gasteiger partial charge on any atom is -0.454 e. The van der Waals surface area contributed by atoms with E-state index in [1.54, 1.807) is 0 Å². The molecule has 4 rings (SSSR count). The largest absolute Gasteiger partial charge is 0.454 e. The van der Waals surface area contributed by atoms with Crippen molar-refractivity contribution >= 4 is 5.57 Å². The van der Waals surface area contributed by atoms with Crippen LogP contribution in [0.1, 0.15) is 24.0 Å². The molecule has 96 valence electrons. The smallest absolute Gasteiger partial charge is 0.231 e. The number of rotatable bonds is 0. The summed E-state index contributed by atoms with van der Waals surface area (Å²) in [7, 11) is 0. The van der Waals surface area contributed by atoms with Gasteiger partial charge in [-0.05, 0) is 37.0 Å². The van der Waals surface area contributed by atoms with Gasteiger partial charge in [-0.2, -0.15) is 5.26 Å². The summed E-state index contributed by atoms with van der Waals surface area (Å²) in [4.78, 5) is 2.35. The molecule has 1 saturated heterocycles. The molecule has 4 heteroatoms. The number of benzene rings is 1. The number of nitrogens with zero attached hydrogens (tertiary/aromatic N) is 2. The molecule has 19 heavy (non-hydrogen) atoms. The van der Waals surface area contributed by atoms with Gasteiger partial charge in [0.25, 0.3) is 0 Å². The molecule has 0 N–H and O–H groups in total. The van der Waals surface area contributed by atoms with Crippen molar-refractivity contribution in [2.24, 2.45) is 0 Å². The average molecular weight is 254 g/mol. The summed E-state index contributed by atoms with van der Waals surface area (Å²) in [5, 5.41) is 9.55. The lowest BCUT2D eigenvalue weighted by Crippen LogP contribution is -2.19. The molecular formula is C15H14N2O2. The van der Waals surface area contributed by atoms with Crippen molar-refractivity contribution in [2.75, 3.05) is 19.9 Å². The number of hydrogen-bond acceptors (Lipinski definition) is 4. The van der Waals surface area contributed by atoms with Gasteiger partial charge in [0, 0.05) is 24.4 Å². The first kappa shape index (κ1) is 10.7. The first-order valence-corrected chi connectivity index (χ1v) is 6.68. The Hall–Kier alpha value is -2.15. The van der Waals surface area contributed by atoms with Crippen LogP contribution in [-0.2, 0) is 6.42 Å². The van der Waals surface area contributed by atoms with Crippen molar-refractivity contribution < 1.29 is 9.47 Å². The Morgan fingerprint density at radius 3 is 2.79 bits per heavy atom. The molecule has 0 aliphatic carbocycles. The molecule has 0 atom stereocenters. The predicted octanol–water partition coefficient (Wildman–Crippen LogP) is 2.30. The molecule has 4 nitrogen and oxygen atoms in total. The quantitative estimate of drug-likeness (QED) is 0.712. The van der Waals surface area contributed by atoms with Crippen LogP contribution in [0.15, 0.2) is 17.8 Å². The lowest BCUT2D eigenvalue weighted by Gasteiger charge is -2.17. The second kappa shape index (κ2) is 3.92. The third-order valence-electron chi connectivity index (χ3n) is 4.14. The fourth-order valence-electron chi connectivity index (χ4n) is 3.22. The van der Waals surface area contributed by atoms with Crippen LogP contribution in [0.3, 0.4) is 0 Å².